The van der Waals surface area contributed by atoms with Crippen molar-refractivity contribution in [2.75, 3.05) is 0 Å². The molecule has 0 aromatic carbocycles. The molecule has 60 valence electrons. The zero-order valence-corrected chi connectivity index (χ0v) is 7.86. The van der Waals surface area contributed by atoms with Gasteiger partial charge in [-0.3, -0.25) is 0 Å². The molecule has 0 spiro atoms. The van der Waals surface area contributed by atoms with Gasteiger partial charge in [0.15, 0.2) is 0 Å². The number of hydrogen-bond acceptors (Lipinski definition) is 2. The summed E-state index contributed by atoms with van der Waals surface area (Å²) in [5.74, 6) is 0. The van der Waals surface area contributed by atoms with Crippen LogP contribution in [0.5, 0.6) is 0 Å². The molecule has 0 saturated carbocycles. The van der Waals surface area contributed by atoms with Crippen LogP contribution >= 0.6 is 0 Å². The van der Waals surface area contributed by atoms with Gasteiger partial charge in [-0.2, -0.15) is 0 Å². The minimum absolute atomic E-state index is 0.217. The zero-order chi connectivity index (χ0) is 8.20. The van der Waals surface area contributed by atoms with Crippen LogP contribution in [0.4, 0.5) is 0 Å². The average Bonchev–Trinajstić information content (AvgIpc) is 1.80. The van der Waals surface area contributed by atoms with Crippen molar-refractivity contribution in [3.05, 3.63) is 0 Å². The van der Waals surface area contributed by atoms with E-state index in [0.717, 1.165) is 6.42 Å². The summed E-state index contributed by atoms with van der Waals surface area (Å²) in [6.45, 7) is 7.71. The molecule has 0 aliphatic rings. The van der Waals surface area contributed by atoms with Crippen molar-refractivity contribution in [3.8, 4) is 0 Å². The zero-order valence-electron chi connectivity index (χ0n) is 7.05. The second kappa shape index (κ2) is 3.98. The molecule has 0 heterocycles. The third-order valence-corrected chi connectivity index (χ3v) is 2.26. The third kappa shape index (κ3) is 3.90. The summed E-state index contributed by atoms with van der Waals surface area (Å²) in [7, 11) is 0. The molecule has 0 N–H and O–H groups in total. The summed E-state index contributed by atoms with van der Waals surface area (Å²) in [6, 6.07) is 0. The van der Waals surface area contributed by atoms with Crippen LogP contribution in [0.1, 0.15) is 34.1 Å². The largest absolute Gasteiger partial charge is 0.591 e. The summed E-state index contributed by atoms with van der Waals surface area (Å²) < 4.78 is 14.8. The van der Waals surface area contributed by atoms with Crippen molar-refractivity contribution in [2.45, 2.75) is 38.9 Å². The van der Waals surface area contributed by atoms with Gasteiger partial charge in [-0.1, -0.05) is 11.3 Å². The standard InChI is InChI=1S/C7H15NOS/c1-5-6-8-10(9)7(2,3)4/h6H,5H2,1-4H3/t10-/m1/s1. The molecule has 0 aromatic rings. The maximum atomic E-state index is 11.1. The maximum absolute atomic E-state index is 11.1. The van der Waals surface area contributed by atoms with Gasteiger partial charge in [-0.15, -0.1) is 0 Å². The molecule has 10 heavy (non-hydrogen) atoms. The van der Waals surface area contributed by atoms with E-state index >= 15 is 0 Å². The summed E-state index contributed by atoms with van der Waals surface area (Å²) in [6.07, 6.45) is 2.54. The molecule has 3 heteroatoms. The van der Waals surface area contributed by atoms with Crippen LogP contribution in [0.3, 0.4) is 0 Å². The van der Waals surface area contributed by atoms with Gasteiger partial charge in [-0.05, 0) is 27.2 Å². The van der Waals surface area contributed by atoms with Crippen molar-refractivity contribution in [1.29, 1.82) is 0 Å². The molecule has 0 rings (SSSR count). The van der Waals surface area contributed by atoms with Gasteiger partial charge >= 0.3 is 0 Å². The number of rotatable bonds is 2. The van der Waals surface area contributed by atoms with Crippen LogP contribution in [0.25, 0.3) is 0 Å². The fraction of sp³-hybridized carbons (Fsp3) is 0.857. The molecule has 1 atom stereocenters. The Kier molecular flexibility index (Phi) is 3.98. The first-order valence-corrected chi connectivity index (χ1v) is 4.53. The molecule has 0 amide bonds. The first-order chi connectivity index (χ1) is 4.48. The molecular formula is C7H15NOS. The SMILES string of the molecule is CCC=N[S@+]([O-])C(C)(C)C. The van der Waals surface area contributed by atoms with E-state index in [4.69, 9.17) is 0 Å². The topological polar surface area (TPSA) is 35.4 Å². The van der Waals surface area contributed by atoms with E-state index in [2.05, 4.69) is 4.40 Å². The monoisotopic (exact) mass is 161 g/mol. The quantitative estimate of drug-likeness (QED) is 0.450. The van der Waals surface area contributed by atoms with Crippen LogP contribution in [0.15, 0.2) is 4.40 Å². The Labute approximate surface area is 66.1 Å². The Bertz CT molecular complexity index is 117. The van der Waals surface area contributed by atoms with Gasteiger partial charge in [0, 0.05) is 0 Å². The number of nitrogens with zero attached hydrogens (tertiary/aromatic N) is 1. The number of hydrogen-bond donors (Lipinski definition) is 0. The lowest BCUT2D eigenvalue weighted by atomic mass is 10.3. The van der Waals surface area contributed by atoms with Gasteiger partial charge in [0.2, 0.25) is 0 Å². The Balaban J connectivity index is 3.84. The normalized spacial score (nSPS) is 16.1. The van der Waals surface area contributed by atoms with Gasteiger partial charge in [0.05, 0.1) is 6.21 Å². The van der Waals surface area contributed by atoms with Crippen molar-refractivity contribution in [2.24, 2.45) is 4.40 Å². The van der Waals surface area contributed by atoms with Crippen molar-refractivity contribution in [3.63, 3.8) is 0 Å². The first kappa shape index (κ1) is 9.98. The predicted octanol–water partition coefficient (Wildman–Crippen LogP) is 1.93. The van der Waals surface area contributed by atoms with E-state index in [1.807, 2.05) is 27.7 Å². The Morgan fingerprint density at radius 1 is 1.50 bits per heavy atom. The van der Waals surface area contributed by atoms with Crippen LogP contribution < -0.4 is 0 Å². The molecule has 0 aliphatic carbocycles. The lowest BCUT2D eigenvalue weighted by molar-refractivity contribution is 0.561. The highest BCUT2D eigenvalue weighted by Crippen LogP contribution is 2.16. The van der Waals surface area contributed by atoms with Crippen molar-refractivity contribution in [1.82, 2.24) is 0 Å². The van der Waals surface area contributed by atoms with Gasteiger partial charge in [0.25, 0.3) is 0 Å². The lowest BCUT2D eigenvalue weighted by Crippen LogP contribution is -2.25. The molecule has 0 radical (unpaired) electrons. The van der Waals surface area contributed by atoms with E-state index in [0.29, 0.717) is 0 Å². The van der Waals surface area contributed by atoms with Gasteiger partial charge in [-0.25, -0.2) is 0 Å². The van der Waals surface area contributed by atoms with Gasteiger partial charge < -0.3 is 4.55 Å². The second-order valence-corrected chi connectivity index (χ2v) is 4.99. The predicted molar refractivity (Wildman–Crippen MR) is 46.7 cm³/mol. The minimum atomic E-state index is -1.07. The average molecular weight is 161 g/mol. The highest BCUT2D eigenvalue weighted by molar-refractivity contribution is 7.91. The Morgan fingerprint density at radius 3 is 2.30 bits per heavy atom. The highest BCUT2D eigenvalue weighted by atomic mass is 32.2. The Hall–Kier alpha value is -0.0200. The van der Waals surface area contributed by atoms with E-state index in [1.54, 1.807) is 6.21 Å². The van der Waals surface area contributed by atoms with Gasteiger partial charge in [0.1, 0.15) is 16.1 Å². The molecule has 0 fully saturated rings. The fourth-order valence-electron chi connectivity index (χ4n) is 0.300. The Morgan fingerprint density at radius 2 is 2.00 bits per heavy atom. The summed E-state index contributed by atoms with van der Waals surface area (Å²) >= 11 is -1.07. The first-order valence-electron chi connectivity index (χ1n) is 3.43. The van der Waals surface area contributed by atoms with Crippen LogP contribution in [0, 0.1) is 0 Å². The second-order valence-electron chi connectivity index (χ2n) is 3.06. The maximum Gasteiger partial charge on any atom is 0.144 e. The smallest absolute Gasteiger partial charge is 0.144 e. The van der Waals surface area contributed by atoms with E-state index in [9.17, 15) is 4.55 Å². The summed E-state index contributed by atoms with van der Waals surface area (Å²) in [5.41, 5.74) is 0. The molecular weight excluding hydrogens is 146 g/mol. The van der Waals surface area contributed by atoms with Crippen LogP contribution in [-0.4, -0.2) is 15.5 Å². The molecule has 0 aromatic heterocycles. The summed E-state index contributed by atoms with van der Waals surface area (Å²) in [4.78, 5) is 0. The summed E-state index contributed by atoms with van der Waals surface area (Å²) in [5, 5.41) is 0. The molecule has 0 unspecified atom stereocenters. The van der Waals surface area contributed by atoms with E-state index in [-0.39, 0.29) is 4.75 Å². The lowest BCUT2D eigenvalue weighted by Gasteiger charge is -2.17. The molecule has 2 nitrogen and oxygen atoms in total. The van der Waals surface area contributed by atoms with E-state index in [1.165, 1.54) is 0 Å². The van der Waals surface area contributed by atoms with Crippen molar-refractivity contribution < 1.29 is 4.55 Å². The fourth-order valence-corrected chi connectivity index (χ4v) is 0.901. The third-order valence-electron chi connectivity index (χ3n) is 0.877. The minimum Gasteiger partial charge on any atom is -0.591 e. The van der Waals surface area contributed by atoms with Crippen LogP contribution in [0.2, 0.25) is 0 Å². The highest BCUT2D eigenvalue weighted by Gasteiger charge is 2.25. The molecule has 0 saturated heterocycles. The van der Waals surface area contributed by atoms with Crippen LogP contribution in [-0.2, 0) is 11.4 Å². The van der Waals surface area contributed by atoms with Crippen molar-refractivity contribution >= 4 is 17.6 Å². The molecule has 0 bridgehead atoms. The molecule has 0 aliphatic heterocycles. The van der Waals surface area contributed by atoms with E-state index < -0.39 is 11.4 Å².